The van der Waals surface area contributed by atoms with Gasteiger partial charge in [0.25, 0.3) is 5.79 Å². The molecule has 1 aliphatic rings. The van der Waals surface area contributed by atoms with Crippen LogP contribution in [-0.4, -0.2) is 73.3 Å². The van der Waals surface area contributed by atoms with Crippen LogP contribution in [0.2, 0.25) is 0 Å². The molecule has 0 bridgehead atoms. The summed E-state index contributed by atoms with van der Waals surface area (Å²) < 4.78 is 53.9. The van der Waals surface area contributed by atoms with E-state index < -0.39 is 35.9 Å². The van der Waals surface area contributed by atoms with E-state index in [1.807, 2.05) is 27.7 Å². The third kappa shape index (κ3) is 7.86. The highest BCUT2D eigenvalue weighted by Crippen LogP contribution is 2.48. The summed E-state index contributed by atoms with van der Waals surface area (Å²) in [5.41, 5.74) is 0. The molecule has 0 amide bonds. The fraction of sp³-hybridized carbons (Fsp3) is 1.00. The fourth-order valence-electron chi connectivity index (χ4n) is 3.64. The summed E-state index contributed by atoms with van der Waals surface area (Å²) in [6.07, 6.45) is 2.43. The molecule has 0 heterocycles. The summed E-state index contributed by atoms with van der Waals surface area (Å²) in [7, 11) is 0. The lowest BCUT2D eigenvalue weighted by Gasteiger charge is -2.52. The first-order valence-electron chi connectivity index (χ1n) is 12.0. The van der Waals surface area contributed by atoms with Gasteiger partial charge in [-0.1, -0.05) is 53.4 Å². The van der Waals surface area contributed by atoms with Crippen LogP contribution in [0, 0.1) is 5.92 Å². The maximum absolute atomic E-state index is 15.4. The molecule has 31 heavy (non-hydrogen) atoms. The van der Waals surface area contributed by atoms with Crippen molar-refractivity contribution in [3.05, 3.63) is 0 Å². The predicted molar refractivity (Wildman–Crippen MR) is 115 cm³/mol. The van der Waals surface area contributed by atoms with Crippen molar-refractivity contribution >= 4 is 0 Å². The van der Waals surface area contributed by atoms with Crippen molar-refractivity contribution in [2.75, 3.05) is 33.0 Å². The van der Waals surface area contributed by atoms with Crippen molar-refractivity contribution in [2.24, 2.45) is 5.92 Å². The van der Waals surface area contributed by atoms with E-state index in [2.05, 4.69) is 0 Å². The van der Waals surface area contributed by atoms with Gasteiger partial charge in [-0.05, 0) is 25.7 Å². The molecule has 8 heteroatoms. The summed E-state index contributed by atoms with van der Waals surface area (Å²) in [4.78, 5) is 0. The van der Waals surface area contributed by atoms with E-state index in [1.165, 1.54) is 0 Å². The second-order valence-corrected chi connectivity index (χ2v) is 8.41. The largest absolute Gasteiger partial charge is 0.381 e. The Bertz CT molecular complexity index is 463. The number of alkyl halides is 2. The first-order chi connectivity index (χ1) is 14.8. The summed E-state index contributed by atoms with van der Waals surface area (Å²) >= 11 is 0. The maximum atomic E-state index is 15.4. The molecule has 1 aliphatic carbocycles. The van der Waals surface area contributed by atoms with Gasteiger partial charge in [0.2, 0.25) is 0 Å². The van der Waals surface area contributed by atoms with Crippen LogP contribution in [-0.2, 0) is 18.9 Å². The number of hydrogen-bond acceptors (Lipinski definition) is 6. The smallest absolute Gasteiger partial charge is 0.310 e. The Kier molecular flexibility index (Phi) is 13.6. The topological polar surface area (TPSA) is 77.4 Å². The molecule has 0 radical (unpaired) electrons. The van der Waals surface area contributed by atoms with Gasteiger partial charge < -0.3 is 29.2 Å². The van der Waals surface area contributed by atoms with Gasteiger partial charge in [-0.2, -0.15) is 8.78 Å². The third-order valence-electron chi connectivity index (χ3n) is 5.72. The minimum Gasteiger partial charge on any atom is -0.381 e. The second kappa shape index (κ2) is 14.7. The van der Waals surface area contributed by atoms with Gasteiger partial charge >= 0.3 is 5.92 Å². The van der Waals surface area contributed by atoms with E-state index in [-0.39, 0.29) is 19.8 Å². The molecule has 2 N–H and O–H groups in total. The zero-order valence-electron chi connectivity index (χ0n) is 19.8. The fourth-order valence-corrected chi connectivity index (χ4v) is 3.64. The number of aliphatic hydroxyl groups is 2. The van der Waals surface area contributed by atoms with Crippen molar-refractivity contribution in [3.8, 4) is 0 Å². The van der Waals surface area contributed by atoms with E-state index in [1.54, 1.807) is 0 Å². The average Bonchev–Trinajstić information content (AvgIpc) is 2.72. The van der Waals surface area contributed by atoms with Crippen LogP contribution in [0.25, 0.3) is 0 Å². The van der Waals surface area contributed by atoms with Crippen LogP contribution in [0.5, 0.6) is 0 Å². The highest BCUT2D eigenvalue weighted by Gasteiger charge is 2.71. The van der Waals surface area contributed by atoms with E-state index in [0.717, 1.165) is 38.5 Å². The van der Waals surface area contributed by atoms with E-state index in [0.29, 0.717) is 26.1 Å². The zero-order chi connectivity index (χ0) is 23.3. The van der Waals surface area contributed by atoms with Gasteiger partial charge in [0, 0.05) is 26.4 Å². The molecule has 0 aromatic heterocycles. The van der Waals surface area contributed by atoms with Gasteiger partial charge in [-0.3, -0.25) is 0 Å². The van der Waals surface area contributed by atoms with Crippen LogP contribution in [0.3, 0.4) is 0 Å². The first kappa shape index (κ1) is 28.7. The van der Waals surface area contributed by atoms with E-state index >= 15 is 8.78 Å². The molecule has 0 aliphatic heterocycles. The molecule has 0 unspecified atom stereocenters. The van der Waals surface area contributed by atoms with Crippen molar-refractivity contribution in [2.45, 2.75) is 109 Å². The summed E-state index contributed by atoms with van der Waals surface area (Å²) in [5, 5.41) is 21.3. The van der Waals surface area contributed by atoms with Gasteiger partial charge in [-0.25, -0.2) is 0 Å². The Balaban J connectivity index is 3.22. The standard InChI is InChI=1S/C23H44F2O6/c1-5-9-13-28-17-18-19(29-14-10-6-2)20(30-15-11-7-3)21(31-16-12-8-4)23(26,27)22(18,24)25/h18-21,26-27H,5-17H2,1-4H3/t18-,19-,20+,21-/m1/s1. The Morgan fingerprint density at radius 3 is 1.65 bits per heavy atom. The van der Waals surface area contributed by atoms with Crippen LogP contribution in [0.15, 0.2) is 0 Å². The molecule has 1 fully saturated rings. The van der Waals surface area contributed by atoms with E-state index in [9.17, 15) is 10.2 Å². The molecule has 1 saturated carbocycles. The maximum Gasteiger partial charge on any atom is 0.310 e. The van der Waals surface area contributed by atoms with Crippen LogP contribution >= 0.6 is 0 Å². The highest BCUT2D eigenvalue weighted by atomic mass is 19.3. The van der Waals surface area contributed by atoms with Crippen LogP contribution < -0.4 is 0 Å². The second-order valence-electron chi connectivity index (χ2n) is 8.41. The van der Waals surface area contributed by atoms with Gasteiger partial charge in [-0.15, -0.1) is 0 Å². The van der Waals surface area contributed by atoms with Gasteiger partial charge in [0.05, 0.1) is 18.6 Å². The summed E-state index contributed by atoms with van der Waals surface area (Å²) in [6.45, 7) is 8.60. The first-order valence-corrected chi connectivity index (χ1v) is 12.0. The van der Waals surface area contributed by atoms with Crippen LogP contribution in [0.4, 0.5) is 8.78 Å². The number of ether oxygens (including phenoxy) is 4. The molecule has 0 aromatic carbocycles. The van der Waals surface area contributed by atoms with Crippen LogP contribution in [0.1, 0.15) is 79.1 Å². The van der Waals surface area contributed by atoms with E-state index in [4.69, 9.17) is 18.9 Å². The number of rotatable bonds is 17. The lowest BCUT2D eigenvalue weighted by molar-refractivity contribution is -0.407. The SMILES string of the molecule is CCCCOC[C@@H]1[C@@H](OCCCC)[C@H](OCCCC)[C@@H](OCCCC)C(O)(O)C1(F)F. The molecule has 186 valence electrons. The van der Waals surface area contributed by atoms with Crippen molar-refractivity contribution < 1.29 is 37.9 Å². The normalized spacial score (nSPS) is 27.5. The minimum atomic E-state index is -3.89. The molecule has 1 rings (SSSR count). The molecular weight excluding hydrogens is 410 g/mol. The summed E-state index contributed by atoms with van der Waals surface area (Å²) in [5.74, 6) is -8.84. The van der Waals surface area contributed by atoms with Gasteiger partial charge in [0.1, 0.15) is 12.2 Å². The monoisotopic (exact) mass is 454 g/mol. The third-order valence-corrected chi connectivity index (χ3v) is 5.72. The number of unbranched alkanes of at least 4 members (excludes halogenated alkanes) is 4. The van der Waals surface area contributed by atoms with Gasteiger partial charge in [0.15, 0.2) is 0 Å². The molecule has 0 saturated heterocycles. The Morgan fingerprint density at radius 2 is 1.13 bits per heavy atom. The Hall–Kier alpha value is -0.380. The average molecular weight is 455 g/mol. The number of halogens is 2. The zero-order valence-corrected chi connectivity index (χ0v) is 19.8. The summed E-state index contributed by atoms with van der Waals surface area (Å²) in [6, 6.07) is 0. The minimum absolute atomic E-state index is 0.132. The lowest BCUT2D eigenvalue weighted by atomic mass is 9.75. The Morgan fingerprint density at radius 1 is 0.677 bits per heavy atom. The predicted octanol–water partition coefficient (Wildman–Crippen LogP) is 4.31. The van der Waals surface area contributed by atoms with Crippen molar-refractivity contribution in [1.82, 2.24) is 0 Å². The molecular formula is C23H44F2O6. The lowest BCUT2D eigenvalue weighted by Crippen LogP contribution is -2.74. The highest BCUT2D eigenvalue weighted by molar-refractivity contribution is 5.09. The molecule has 6 nitrogen and oxygen atoms in total. The molecule has 4 atom stereocenters. The molecule has 0 spiro atoms. The number of hydrogen-bond donors (Lipinski definition) is 2. The molecule has 0 aromatic rings. The van der Waals surface area contributed by atoms with Crippen molar-refractivity contribution in [3.63, 3.8) is 0 Å². The quantitative estimate of drug-likeness (QED) is 0.252. The van der Waals surface area contributed by atoms with Crippen molar-refractivity contribution in [1.29, 1.82) is 0 Å². The Labute approximate surface area is 186 Å².